The molecule has 0 saturated carbocycles. The van der Waals surface area contributed by atoms with Crippen LogP contribution in [0.1, 0.15) is 15.9 Å². The van der Waals surface area contributed by atoms with Gasteiger partial charge in [0.2, 0.25) is 0 Å². The van der Waals surface area contributed by atoms with Gasteiger partial charge in [-0.05, 0) is 19.1 Å². The monoisotopic (exact) mass is 198 g/mol. The lowest BCUT2D eigenvalue weighted by atomic mass is 10.1. The van der Waals surface area contributed by atoms with E-state index < -0.39 is 17.2 Å². The Balaban J connectivity index is 2.78. The van der Waals surface area contributed by atoms with Gasteiger partial charge in [0.05, 0.1) is 0 Å². The van der Waals surface area contributed by atoms with Crippen molar-refractivity contribution in [1.29, 1.82) is 0 Å². The van der Waals surface area contributed by atoms with Gasteiger partial charge in [0, 0.05) is 16.8 Å². The molecule has 0 aromatic heterocycles. The first-order valence-electron chi connectivity index (χ1n) is 3.56. The van der Waals surface area contributed by atoms with Crippen LogP contribution in [0.5, 0.6) is 0 Å². The molecule has 0 bridgehead atoms. The zero-order valence-electron chi connectivity index (χ0n) is 6.94. The van der Waals surface area contributed by atoms with Crippen LogP contribution >= 0.6 is 0 Å². The van der Waals surface area contributed by atoms with Crippen LogP contribution in [-0.2, 0) is 11.3 Å². The summed E-state index contributed by atoms with van der Waals surface area (Å²) in [7, 11) is 0. The minimum atomic E-state index is -2.55. The molecule has 1 rings (SSSR count). The van der Waals surface area contributed by atoms with E-state index in [-0.39, 0.29) is 0 Å². The Kier molecular flexibility index (Phi) is 3.16. The summed E-state index contributed by atoms with van der Waals surface area (Å²) in [4.78, 5) is 11.1. The standard InChI is InChI=1S/C8H9NO3S/c1-6-2-4-7(5-3-6)8(10)9-13(11)12/h2-5H,1H3,(H,9,10)(H,11,12)/p-1. The zero-order chi connectivity index (χ0) is 9.84. The van der Waals surface area contributed by atoms with E-state index >= 15 is 0 Å². The largest absolute Gasteiger partial charge is 0.755 e. The summed E-state index contributed by atoms with van der Waals surface area (Å²) in [5.74, 6) is -0.617. The van der Waals surface area contributed by atoms with Crippen molar-refractivity contribution >= 4 is 17.2 Å². The third-order valence-corrected chi connectivity index (χ3v) is 1.84. The lowest BCUT2D eigenvalue weighted by molar-refractivity contribution is 0.0980. The van der Waals surface area contributed by atoms with Crippen LogP contribution in [-0.4, -0.2) is 14.7 Å². The van der Waals surface area contributed by atoms with Crippen molar-refractivity contribution in [1.82, 2.24) is 4.72 Å². The molecule has 1 aromatic rings. The second kappa shape index (κ2) is 4.15. The number of amides is 1. The number of carbonyl (C=O) groups excluding carboxylic acids is 1. The molecule has 0 aliphatic heterocycles. The van der Waals surface area contributed by atoms with E-state index in [4.69, 9.17) is 0 Å². The van der Waals surface area contributed by atoms with Crippen molar-refractivity contribution < 1.29 is 13.6 Å². The first-order chi connectivity index (χ1) is 6.09. The van der Waals surface area contributed by atoms with Crippen molar-refractivity contribution in [2.75, 3.05) is 0 Å². The topological polar surface area (TPSA) is 69.2 Å². The summed E-state index contributed by atoms with van der Waals surface area (Å²) < 4.78 is 22.0. The highest BCUT2D eigenvalue weighted by Crippen LogP contribution is 2.02. The van der Waals surface area contributed by atoms with Crippen molar-refractivity contribution in [2.45, 2.75) is 6.92 Å². The number of aryl methyl sites for hydroxylation is 1. The smallest absolute Gasteiger partial charge is 0.262 e. The van der Waals surface area contributed by atoms with Crippen LogP contribution in [0.15, 0.2) is 24.3 Å². The maximum atomic E-state index is 11.1. The van der Waals surface area contributed by atoms with E-state index in [2.05, 4.69) is 0 Å². The van der Waals surface area contributed by atoms with Gasteiger partial charge in [-0.1, -0.05) is 17.7 Å². The predicted octanol–water partition coefficient (Wildman–Crippen LogP) is 0.519. The van der Waals surface area contributed by atoms with E-state index in [9.17, 15) is 13.6 Å². The second-order valence-electron chi connectivity index (χ2n) is 2.53. The lowest BCUT2D eigenvalue weighted by Crippen LogP contribution is -2.24. The Hall–Kier alpha value is -1.20. The van der Waals surface area contributed by atoms with Crippen LogP contribution in [0.3, 0.4) is 0 Å². The molecule has 1 amide bonds. The van der Waals surface area contributed by atoms with E-state index in [0.717, 1.165) is 5.56 Å². The van der Waals surface area contributed by atoms with Gasteiger partial charge >= 0.3 is 0 Å². The Labute approximate surface area is 78.4 Å². The van der Waals surface area contributed by atoms with Crippen molar-refractivity contribution in [3.8, 4) is 0 Å². The van der Waals surface area contributed by atoms with E-state index in [1.807, 2.05) is 6.92 Å². The fraction of sp³-hybridized carbons (Fsp3) is 0.125. The van der Waals surface area contributed by atoms with Gasteiger partial charge in [-0.15, -0.1) is 0 Å². The molecule has 0 spiro atoms. The van der Waals surface area contributed by atoms with Crippen molar-refractivity contribution in [3.63, 3.8) is 0 Å². The summed E-state index contributed by atoms with van der Waals surface area (Å²) in [5.41, 5.74) is 1.34. The maximum absolute atomic E-state index is 11.1. The minimum Gasteiger partial charge on any atom is -0.755 e. The first-order valence-corrected chi connectivity index (χ1v) is 4.64. The molecule has 1 N–H and O–H groups in total. The molecular formula is C8H8NO3S-. The molecule has 0 heterocycles. The summed E-state index contributed by atoms with van der Waals surface area (Å²) in [6.07, 6.45) is 0. The molecule has 0 radical (unpaired) electrons. The Bertz CT molecular complexity index is 334. The zero-order valence-corrected chi connectivity index (χ0v) is 7.76. The molecule has 0 aliphatic carbocycles. The number of nitrogens with one attached hydrogen (secondary N) is 1. The van der Waals surface area contributed by atoms with Crippen LogP contribution in [0.25, 0.3) is 0 Å². The van der Waals surface area contributed by atoms with Gasteiger partial charge in [-0.2, -0.15) is 0 Å². The normalized spacial score (nSPS) is 12.2. The van der Waals surface area contributed by atoms with Gasteiger partial charge < -0.3 is 4.55 Å². The Morgan fingerprint density at radius 3 is 2.38 bits per heavy atom. The summed E-state index contributed by atoms with van der Waals surface area (Å²) >= 11 is -2.55. The van der Waals surface area contributed by atoms with E-state index in [0.29, 0.717) is 5.56 Å². The molecular weight excluding hydrogens is 190 g/mol. The average molecular weight is 198 g/mol. The maximum Gasteiger partial charge on any atom is 0.262 e. The molecule has 70 valence electrons. The number of carbonyl (C=O) groups is 1. The van der Waals surface area contributed by atoms with Gasteiger partial charge in [-0.3, -0.25) is 13.7 Å². The molecule has 5 heteroatoms. The lowest BCUT2D eigenvalue weighted by Gasteiger charge is -2.06. The van der Waals surface area contributed by atoms with E-state index in [1.54, 1.807) is 29.0 Å². The number of benzene rings is 1. The molecule has 1 aromatic carbocycles. The Morgan fingerprint density at radius 2 is 1.92 bits per heavy atom. The number of hydrogen-bond acceptors (Lipinski definition) is 3. The number of hydrogen-bond donors (Lipinski definition) is 1. The molecule has 1 atom stereocenters. The van der Waals surface area contributed by atoms with Crippen LogP contribution in [0, 0.1) is 6.92 Å². The molecule has 0 saturated heterocycles. The minimum absolute atomic E-state index is 0.329. The molecule has 4 nitrogen and oxygen atoms in total. The van der Waals surface area contributed by atoms with Crippen LogP contribution in [0.4, 0.5) is 0 Å². The highest BCUT2D eigenvalue weighted by atomic mass is 32.2. The second-order valence-corrected chi connectivity index (χ2v) is 3.21. The van der Waals surface area contributed by atoms with Crippen LogP contribution in [0.2, 0.25) is 0 Å². The van der Waals surface area contributed by atoms with Gasteiger partial charge in [0.25, 0.3) is 5.91 Å². The molecule has 0 aliphatic rings. The molecule has 13 heavy (non-hydrogen) atoms. The third-order valence-electron chi connectivity index (χ3n) is 1.49. The summed E-state index contributed by atoms with van der Waals surface area (Å²) in [5, 5.41) is 0. The van der Waals surface area contributed by atoms with Gasteiger partial charge in [0.15, 0.2) is 0 Å². The average Bonchev–Trinajstić information content (AvgIpc) is 2.04. The third kappa shape index (κ3) is 2.96. The van der Waals surface area contributed by atoms with Crippen molar-refractivity contribution in [3.05, 3.63) is 35.4 Å². The van der Waals surface area contributed by atoms with Crippen molar-refractivity contribution in [2.24, 2.45) is 0 Å². The number of rotatable bonds is 2. The summed E-state index contributed by atoms with van der Waals surface area (Å²) in [6, 6.07) is 6.61. The SMILES string of the molecule is Cc1ccc(C(=O)NS(=O)[O-])cc1. The summed E-state index contributed by atoms with van der Waals surface area (Å²) in [6.45, 7) is 1.88. The van der Waals surface area contributed by atoms with Crippen LogP contribution < -0.4 is 4.72 Å². The van der Waals surface area contributed by atoms with E-state index in [1.165, 1.54) is 0 Å². The fourth-order valence-electron chi connectivity index (χ4n) is 0.840. The highest BCUT2D eigenvalue weighted by Gasteiger charge is 2.02. The molecule has 1 unspecified atom stereocenters. The first kappa shape index (κ1) is 9.88. The Morgan fingerprint density at radius 1 is 1.38 bits per heavy atom. The highest BCUT2D eigenvalue weighted by molar-refractivity contribution is 7.77. The quantitative estimate of drug-likeness (QED) is 0.704. The molecule has 0 fully saturated rings. The predicted molar refractivity (Wildman–Crippen MR) is 47.6 cm³/mol. The van der Waals surface area contributed by atoms with Gasteiger partial charge in [-0.25, -0.2) is 0 Å². The van der Waals surface area contributed by atoms with Gasteiger partial charge in [0.1, 0.15) is 0 Å². The fourth-order valence-corrected chi connectivity index (χ4v) is 1.11.